The van der Waals surface area contributed by atoms with Crippen LogP contribution >= 0.6 is 0 Å². The van der Waals surface area contributed by atoms with Gasteiger partial charge in [0.25, 0.3) is 0 Å². The van der Waals surface area contributed by atoms with Gasteiger partial charge >= 0.3 is 11.8 Å². The molecular formula is C16H30N4O5S. The summed E-state index contributed by atoms with van der Waals surface area (Å²) >= 11 is 0. The lowest BCUT2D eigenvalue weighted by atomic mass is 10.2. The van der Waals surface area contributed by atoms with Gasteiger partial charge in [0.1, 0.15) is 0 Å². The molecule has 10 heteroatoms. The van der Waals surface area contributed by atoms with Crippen molar-refractivity contribution in [3.8, 4) is 0 Å². The molecule has 2 aliphatic rings. The summed E-state index contributed by atoms with van der Waals surface area (Å²) in [4.78, 5) is 32.4. The van der Waals surface area contributed by atoms with Crippen LogP contribution in [-0.4, -0.2) is 129 Å². The standard InChI is InChI=1S/C16H30N4O5S/c1-17(2)4-9-20(14-3-12-26(24,25)13-14)16(23)15(22)19-7-5-18(6-8-19)10-11-21/h14,21H,3-13H2,1-2H3. The molecule has 2 aliphatic heterocycles. The van der Waals surface area contributed by atoms with Crippen molar-refractivity contribution in [2.75, 3.05) is 78.0 Å². The van der Waals surface area contributed by atoms with Gasteiger partial charge < -0.3 is 19.8 Å². The zero-order chi connectivity index (χ0) is 19.3. The van der Waals surface area contributed by atoms with Crippen molar-refractivity contribution in [1.29, 1.82) is 0 Å². The van der Waals surface area contributed by atoms with Crippen molar-refractivity contribution in [3.63, 3.8) is 0 Å². The molecule has 2 fully saturated rings. The molecule has 9 nitrogen and oxygen atoms in total. The first-order chi connectivity index (χ1) is 12.2. The number of carbonyl (C=O) groups is 2. The Morgan fingerprint density at radius 3 is 2.27 bits per heavy atom. The van der Waals surface area contributed by atoms with Gasteiger partial charge in [-0.15, -0.1) is 0 Å². The highest BCUT2D eigenvalue weighted by Crippen LogP contribution is 2.18. The SMILES string of the molecule is CN(C)CCN(C(=O)C(=O)N1CCN(CCO)CC1)C1CCS(=O)(=O)C1. The molecule has 0 saturated carbocycles. The molecule has 0 radical (unpaired) electrons. The molecule has 0 aromatic carbocycles. The topological polar surface area (TPSA) is 101 Å². The van der Waals surface area contributed by atoms with Gasteiger partial charge in [-0.2, -0.15) is 0 Å². The minimum atomic E-state index is -3.14. The Balaban J connectivity index is 2.02. The normalized spacial score (nSPS) is 23.4. The average Bonchev–Trinajstić information content (AvgIpc) is 2.94. The molecule has 2 heterocycles. The third-order valence-electron chi connectivity index (χ3n) is 4.96. The number of amides is 2. The van der Waals surface area contributed by atoms with Gasteiger partial charge in [0.05, 0.1) is 18.1 Å². The van der Waals surface area contributed by atoms with E-state index in [-0.39, 0.29) is 18.1 Å². The van der Waals surface area contributed by atoms with Crippen LogP contribution in [0, 0.1) is 0 Å². The van der Waals surface area contributed by atoms with E-state index in [9.17, 15) is 18.0 Å². The van der Waals surface area contributed by atoms with Crippen molar-refractivity contribution in [3.05, 3.63) is 0 Å². The smallest absolute Gasteiger partial charge is 0.312 e. The quantitative estimate of drug-likeness (QED) is 0.509. The Kier molecular flexibility index (Phi) is 7.39. The van der Waals surface area contributed by atoms with Crippen LogP contribution in [0.4, 0.5) is 0 Å². The molecule has 1 unspecified atom stereocenters. The third-order valence-corrected chi connectivity index (χ3v) is 6.71. The summed E-state index contributed by atoms with van der Waals surface area (Å²) in [7, 11) is 0.603. The maximum Gasteiger partial charge on any atom is 0.312 e. The number of aliphatic hydroxyl groups excluding tert-OH is 1. The molecule has 0 bridgehead atoms. The molecule has 26 heavy (non-hydrogen) atoms. The molecule has 2 saturated heterocycles. The van der Waals surface area contributed by atoms with Crippen molar-refractivity contribution in [2.24, 2.45) is 0 Å². The summed E-state index contributed by atoms with van der Waals surface area (Å²) < 4.78 is 23.6. The molecule has 0 aromatic rings. The van der Waals surface area contributed by atoms with Crippen LogP contribution in [0.1, 0.15) is 6.42 Å². The number of hydrogen-bond acceptors (Lipinski definition) is 7. The third kappa shape index (κ3) is 5.63. The summed E-state index contributed by atoms with van der Waals surface area (Å²) in [5.74, 6) is -1.16. The maximum absolute atomic E-state index is 12.8. The molecule has 1 atom stereocenters. The minimum Gasteiger partial charge on any atom is -0.395 e. The van der Waals surface area contributed by atoms with E-state index in [1.165, 1.54) is 9.80 Å². The van der Waals surface area contributed by atoms with Gasteiger partial charge in [0.15, 0.2) is 9.84 Å². The zero-order valence-electron chi connectivity index (χ0n) is 15.6. The fourth-order valence-electron chi connectivity index (χ4n) is 3.35. The average molecular weight is 391 g/mol. The Morgan fingerprint density at radius 2 is 1.77 bits per heavy atom. The number of rotatable bonds is 6. The van der Waals surface area contributed by atoms with Crippen LogP contribution < -0.4 is 0 Å². The van der Waals surface area contributed by atoms with Crippen LogP contribution in [0.15, 0.2) is 0 Å². The second kappa shape index (κ2) is 9.12. The molecule has 1 N–H and O–H groups in total. The van der Waals surface area contributed by atoms with Crippen molar-refractivity contribution >= 4 is 21.7 Å². The first kappa shape index (κ1) is 21.1. The molecular weight excluding hydrogens is 360 g/mol. The van der Waals surface area contributed by atoms with E-state index in [0.29, 0.717) is 52.2 Å². The van der Waals surface area contributed by atoms with Crippen LogP contribution in [0.25, 0.3) is 0 Å². The predicted octanol–water partition coefficient (Wildman–Crippen LogP) is -2.30. The lowest BCUT2D eigenvalue weighted by molar-refractivity contribution is -0.154. The van der Waals surface area contributed by atoms with E-state index in [1.54, 1.807) is 0 Å². The summed E-state index contributed by atoms with van der Waals surface area (Å²) in [6.45, 7) is 3.66. The van der Waals surface area contributed by atoms with Crippen LogP contribution in [0.2, 0.25) is 0 Å². The number of piperazine rings is 1. The molecule has 0 spiro atoms. The lowest BCUT2D eigenvalue weighted by Crippen LogP contribution is -2.56. The molecule has 2 rings (SSSR count). The van der Waals surface area contributed by atoms with Gasteiger partial charge in [0, 0.05) is 51.9 Å². The summed E-state index contributed by atoms with van der Waals surface area (Å²) in [6.07, 6.45) is 0.388. The van der Waals surface area contributed by atoms with Gasteiger partial charge in [-0.25, -0.2) is 8.42 Å². The summed E-state index contributed by atoms with van der Waals surface area (Å²) in [6, 6.07) is -0.424. The van der Waals surface area contributed by atoms with E-state index in [1.807, 2.05) is 23.9 Å². The second-order valence-corrected chi connectivity index (χ2v) is 9.44. The molecule has 0 aliphatic carbocycles. The van der Waals surface area contributed by atoms with Crippen molar-refractivity contribution in [1.82, 2.24) is 19.6 Å². The predicted molar refractivity (Wildman–Crippen MR) is 97.4 cm³/mol. The first-order valence-corrected chi connectivity index (χ1v) is 10.8. The number of β-amino-alcohol motifs (C(OH)–C–C–N with tert-alkyl or cyclic N) is 1. The number of hydrogen-bond donors (Lipinski definition) is 1. The molecule has 150 valence electrons. The first-order valence-electron chi connectivity index (χ1n) is 9.02. The Labute approximate surface area is 155 Å². The highest BCUT2D eigenvalue weighted by molar-refractivity contribution is 7.91. The number of aliphatic hydroxyl groups is 1. The van der Waals surface area contributed by atoms with Crippen molar-refractivity contribution in [2.45, 2.75) is 12.5 Å². The van der Waals surface area contributed by atoms with Crippen LogP contribution in [-0.2, 0) is 19.4 Å². The molecule has 0 aromatic heterocycles. The number of nitrogens with zero attached hydrogens (tertiary/aromatic N) is 4. The van der Waals surface area contributed by atoms with E-state index in [0.717, 1.165) is 0 Å². The second-order valence-electron chi connectivity index (χ2n) is 7.22. The van der Waals surface area contributed by atoms with Crippen LogP contribution in [0.5, 0.6) is 0 Å². The number of carbonyl (C=O) groups excluding carboxylic acids is 2. The fraction of sp³-hybridized carbons (Fsp3) is 0.875. The van der Waals surface area contributed by atoms with Crippen LogP contribution in [0.3, 0.4) is 0 Å². The van der Waals surface area contributed by atoms with E-state index in [4.69, 9.17) is 5.11 Å². The lowest BCUT2D eigenvalue weighted by Gasteiger charge is -2.36. The minimum absolute atomic E-state index is 0.0657. The van der Waals surface area contributed by atoms with E-state index < -0.39 is 27.7 Å². The largest absolute Gasteiger partial charge is 0.395 e. The van der Waals surface area contributed by atoms with E-state index in [2.05, 4.69) is 0 Å². The zero-order valence-corrected chi connectivity index (χ0v) is 16.4. The number of sulfone groups is 1. The van der Waals surface area contributed by atoms with Gasteiger partial charge in [0.2, 0.25) is 0 Å². The molecule has 2 amide bonds. The van der Waals surface area contributed by atoms with Crippen molar-refractivity contribution < 1.29 is 23.1 Å². The summed E-state index contributed by atoms with van der Waals surface area (Å²) in [5, 5.41) is 8.99. The number of likely N-dealkylation sites (N-methyl/N-ethyl adjacent to an activating group) is 1. The Hall–Kier alpha value is -1.23. The van der Waals surface area contributed by atoms with Gasteiger partial charge in [-0.05, 0) is 20.5 Å². The fourth-order valence-corrected chi connectivity index (χ4v) is 5.08. The maximum atomic E-state index is 12.8. The summed E-state index contributed by atoms with van der Waals surface area (Å²) in [5.41, 5.74) is 0. The van der Waals surface area contributed by atoms with Gasteiger partial charge in [-0.1, -0.05) is 0 Å². The Morgan fingerprint density at radius 1 is 1.12 bits per heavy atom. The van der Waals surface area contributed by atoms with Gasteiger partial charge in [-0.3, -0.25) is 14.5 Å². The highest BCUT2D eigenvalue weighted by atomic mass is 32.2. The Bertz CT molecular complexity index is 602. The van der Waals surface area contributed by atoms with E-state index >= 15 is 0 Å². The highest BCUT2D eigenvalue weighted by Gasteiger charge is 2.38. The monoisotopic (exact) mass is 390 g/mol.